The number of aryl methyl sites for hydroxylation is 1. The normalized spacial score (nSPS) is 16.3. The van der Waals surface area contributed by atoms with Crippen LogP contribution in [-0.2, 0) is 9.53 Å². The van der Waals surface area contributed by atoms with E-state index in [1.807, 2.05) is 49.6 Å². The van der Waals surface area contributed by atoms with Gasteiger partial charge in [0.25, 0.3) is 5.56 Å². The van der Waals surface area contributed by atoms with Gasteiger partial charge in [0, 0.05) is 11.0 Å². The molecule has 1 aromatic carbocycles. The summed E-state index contributed by atoms with van der Waals surface area (Å²) in [5, 5.41) is 0. The van der Waals surface area contributed by atoms with Gasteiger partial charge in [0.2, 0.25) is 0 Å². The van der Waals surface area contributed by atoms with Crippen molar-refractivity contribution in [2.45, 2.75) is 44.7 Å². The van der Waals surface area contributed by atoms with Crippen molar-refractivity contribution in [1.82, 2.24) is 4.57 Å². The van der Waals surface area contributed by atoms with Crippen LogP contribution < -0.4 is 14.9 Å². The average molecular weight is 469 g/mol. The van der Waals surface area contributed by atoms with E-state index in [1.165, 1.54) is 11.3 Å². The first-order valence-electron chi connectivity index (χ1n) is 10.2. The highest BCUT2D eigenvalue weighted by Crippen LogP contribution is 2.32. The van der Waals surface area contributed by atoms with E-state index in [-0.39, 0.29) is 11.7 Å². The van der Waals surface area contributed by atoms with E-state index in [1.54, 1.807) is 43.2 Å². The molecule has 2 aromatic heterocycles. The van der Waals surface area contributed by atoms with Gasteiger partial charge in [-0.1, -0.05) is 23.5 Å². The SMILES string of the molecule is CSc1ccc(C2C(C(=O)OC(C)C)=C(C)N=c3s/c(=C\c4ccc(C)o4)c(=O)n32)cc1. The molecule has 0 amide bonds. The van der Waals surface area contributed by atoms with E-state index in [0.29, 0.717) is 26.4 Å². The molecule has 1 aliphatic rings. The summed E-state index contributed by atoms with van der Waals surface area (Å²) in [6.07, 6.45) is 3.44. The Kier molecular flexibility index (Phi) is 6.26. The molecule has 1 unspecified atom stereocenters. The summed E-state index contributed by atoms with van der Waals surface area (Å²) in [5.41, 5.74) is 1.54. The summed E-state index contributed by atoms with van der Waals surface area (Å²) < 4.78 is 13.2. The lowest BCUT2D eigenvalue weighted by Crippen LogP contribution is -2.40. The molecule has 3 heterocycles. The highest BCUT2D eigenvalue weighted by atomic mass is 32.2. The number of rotatable bonds is 5. The maximum absolute atomic E-state index is 13.5. The minimum Gasteiger partial charge on any atom is -0.462 e. The number of benzene rings is 1. The quantitative estimate of drug-likeness (QED) is 0.421. The second-order valence-electron chi connectivity index (χ2n) is 7.76. The van der Waals surface area contributed by atoms with Crippen LogP contribution in [0.15, 0.2) is 66.8 Å². The fraction of sp³-hybridized carbons (Fsp3) is 0.292. The number of furan rings is 1. The zero-order chi connectivity index (χ0) is 23.0. The van der Waals surface area contributed by atoms with Gasteiger partial charge in [0.05, 0.1) is 27.9 Å². The molecule has 1 atom stereocenters. The van der Waals surface area contributed by atoms with Crippen molar-refractivity contribution in [3.63, 3.8) is 0 Å². The topological polar surface area (TPSA) is 73.8 Å². The van der Waals surface area contributed by atoms with Gasteiger partial charge in [-0.2, -0.15) is 0 Å². The van der Waals surface area contributed by atoms with Crippen molar-refractivity contribution >= 4 is 35.1 Å². The maximum Gasteiger partial charge on any atom is 0.338 e. The van der Waals surface area contributed by atoms with Crippen LogP contribution in [0, 0.1) is 6.92 Å². The number of allylic oxidation sites excluding steroid dienone is 1. The van der Waals surface area contributed by atoms with Crippen molar-refractivity contribution in [3.05, 3.63) is 84.4 Å². The molecule has 0 fully saturated rings. The summed E-state index contributed by atoms with van der Waals surface area (Å²) in [4.78, 5) is 32.8. The van der Waals surface area contributed by atoms with Crippen molar-refractivity contribution in [3.8, 4) is 0 Å². The van der Waals surface area contributed by atoms with Crippen molar-refractivity contribution in [2.75, 3.05) is 6.26 Å². The molecule has 0 radical (unpaired) electrons. The van der Waals surface area contributed by atoms with Gasteiger partial charge in [-0.3, -0.25) is 9.36 Å². The summed E-state index contributed by atoms with van der Waals surface area (Å²) in [5.74, 6) is 0.908. The summed E-state index contributed by atoms with van der Waals surface area (Å²) in [6, 6.07) is 10.9. The molecule has 32 heavy (non-hydrogen) atoms. The predicted octanol–water partition coefficient (Wildman–Crippen LogP) is 3.81. The van der Waals surface area contributed by atoms with Gasteiger partial charge in [0.1, 0.15) is 11.5 Å². The van der Waals surface area contributed by atoms with E-state index in [9.17, 15) is 9.59 Å². The molecule has 0 saturated carbocycles. The Balaban J connectivity index is 1.93. The Labute approximate surface area is 193 Å². The number of thioether (sulfide) groups is 1. The van der Waals surface area contributed by atoms with Crippen LogP contribution in [-0.4, -0.2) is 22.9 Å². The van der Waals surface area contributed by atoms with Crippen LogP contribution in [0.5, 0.6) is 0 Å². The number of hydrogen-bond donors (Lipinski definition) is 0. The van der Waals surface area contributed by atoms with Gasteiger partial charge in [-0.05, 0) is 63.8 Å². The number of aromatic nitrogens is 1. The van der Waals surface area contributed by atoms with Crippen LogP contribution in [0.1, 0.15) is 43.9 Å². The Hall–Kier alpha value is -2.84. The molecule has 1 aliphatic heterocycles. The molecular weight excluding hydrogens is 444 g/mol. The van der Waals surface area contributed by atoms with Gasteiger partial charge >= 0.3 is 5.97 Å². The van der Waals surface area contributed by atoms with E-state index < -0.39 is 12.0 Å². The molecule has 6 nitrogen and oxygen atoms in total. The monoisotopic (exact) mass is 468 g/mol. The molecule has 8 heteroatoms. The van der Waals surface area contributed by atoms with E-state index in [0.717, 1.165) is 16.2 Å². The first kappa shape index (κ1) is 22.4. The molecule has 0 spiro atoms. The van der Waals surface area contributed by atoms with E-state index in [2.05, 4.69) is 4.99 Å². The third-order valence-corrected chi connectivity index (χ3v) is 6.78. The largest absolute Gasteiger partial charge is 0.462 e. The molecule has 0 saturated heterocycles. The predicted molar refractivity (Wildman–Crippen MR) is 127 cm³/mol. The standard InChI is InChI=1S/C24H24N2O4S2/c1-13(2)29-23(28)20-15(4)25-24-26(21(20)16-7-10-18(31-5)11-8-16)22(27)19(32-24)12-17-9-6-14(3)30-17/h6-13,21H,1-5H3/b19-12-. The second kappa shape index (κ2) is 8.96. The fourth-order valence-electron chi connectivity index (χ4n) is 3.62. The lowest BCUT2D eigenvalue weighted by molar-refractivity contribution is -0.143. The van der Waals surface area contributed by atoms with Gasteiger partial charge in [0.15, 0.2) is 4.80 Å². The van der Waals surface area contributed by atoms with Crippen molar-refractivity contribution < 1.29 is 13.9 Å². The van der Waals surface area contributed by atoms with Crippen molar-refractivity contribution in [1.29, 1.82) is 0 Å². The van der Waals surface area contributed by atoms with Gasteiger partial charge in [-0.25, -0.2) is 9.79 Å². The number of ether oxygens (including phenoxy) is 1. The van der Waals surface area contributed by atoms with E-state index in [4.69, 9.17) is 9.15 Å². The number of nitrogens with zero attached hydrogens (tertiary/aromatic N) is 2. The first-order valence-corrected chi connectivity index (χ1v) is 12.3. The minimum atomic E-state index is -0.617. The van der Waals surface area contributed by atoms with Gasteiger partial charge in [-0.15, -0.1) is 11.8 Å². The van der Waals surface area contributed by atoms with Gasteiger partial charge < -0.3 is 9.15 Å². The van der Waals surface area contributed by atoms with Crippen LogP contribution in [0.25, 0.3) is 6.08 Å². The zero-order valence-electron chi connectivity index (χ0n) is 18.5. The molecule has 3 aromatic rings. The Bertz CT molecular complexity index is 1370. The number of fused-ring (bicyclic) bond motifs is 1. The van der Waals surface area contributed by atoms with Crippen molar-refractivity contribution in [2.24, 2.45) is 4.99 Å². The molecule has 166 valence electrons. The molecular formula is C24H24N2O4S2. The highest BCUT2D eigenvalue weighted by molar-refractivity contribution is 7.98. The van der Waals surface area contributed by atoms with Crippen LogP contribution in [0.3, 0.4) is 0 Å². The summed E-state index contributed by atoms with van der Waals surface area (Å²) in [6.45, 7) is 7.24. The number of hydrogen-bond acceptors (Lipinski definition) is 7. The Morgan fingerprint density at radius 3 is 2.53 bits per heavy atom. The highest BCUT2D eigenvalue weighted by Gasteiger charge is 2.33. The average Bonchev–Trinajstić information content (AvgIpc) is 3.29. The second-order valence-corrected chi connectivity index (χ2v) is 9.65. The van der Waals surface area contributed by atoms with Crippen LogP contribution in [0.4, 0.5) is 0 Å². The lowest BCUT2D eigenvalue weighted by Gasteiger charge is -2.25. The van der Waals surface area contributed by atoms with Crippen LogP contribution in [0.2, 0.25) is 0 Å². The number of thiazole rings is 1. The summed E-state index contributed by atoms with van der Waals surface area (Å²) in [7, 11) is 0. The van der Waals surface area contributed by atoms with E-state index >= 15 is 0 Å². The smallest absolute Gasteiger partial charge is 0.338 e. The molecule has 0 N–H and O–H groups in total. The summed E-state index contributed by atoms with van der Waals surface area (Å²) >= 11 is 2.91. The molecule has 0 aliphatic carbocycles. The Morgan fingerprint density at radius 1 is 1.22 bits per heavy atom. The zero-order valence-corrected chi connectivity index (χ0v) is 20.2. The number of carbonyl (C=O) groups is 1. The molecule has 0 bridgehead atoms. The molecule has 4 rings (SSSR count). The lowest BCUT2D eigenvalue weighted by atomic mass is 9.96. The third kappa shape index (κ3) is 4.25. The fourth-order valence-corrected chi connectivity index (χ4v) is 5.06. The van der Waals surface area contributed by atoms with Crippen LogP contribution >= 0.6 is 23.1 Å². The Morgan fingerprint density at radius 2 is 1.94 bits per heavy atom. The maximum atomic E-state index is 13.5. The number of carbonyl (C=O) groups excluding carboxylic acids is 1. The number of esters is 1. The minimum absolute atomic E-state index is 0.218. The first-order chi connectivity index (χ1) is 15.3. The third-order valence-electron chi connectivity index (χ3n) is 5.05.